The van der Waals surface area contributed by atoms with E-state index in [4.69, 9.17) is 9.47 Å². The zero-order chi connectivity index (χ0) is 15.8. The molecular weight excluding hydrogens is 290 g/mol. The monoisotopic (exact) mass is 311 g/mol. The molecule has 2 aliphatic rings. The summed E-state index contributed by atoms with van der Waals surface area (Å²) in [6, 6.07) is 14.2. The molecule has 0 N–H and O–H groups in total. The number of hydrogen-bond donors (Lipinski definition) is 0. The van der Waals surface area contributed by atoms with Crippen LogP contribution in [0.4, 0.5) is 0 Å². The quantitative estimate of drug-likeness (QED) is 0.856. The van der Waals surface area contributed by atoms with Gasteiger partial charge >= 0.3 is 0 Å². The SMILES string of the molecule is CO[C@@H]1[C@H]2CC[C@H]1OCCN2C(=O)c1ccc2ccccc2c1. The fourth-order valence-corrected chi connectivity index (χ4v) is 3.94. The number of carbonyl (C=O) groups is 1. The van der Waals surface area contributed by atoms with Crippen LogP contribution in [0.2, 0.25) is 0 Å². The first-order chi connectivity index (χ1) is 11.3. The maximum Gasteiger partial charge on any atom is 0.254 e. The van der Waals surface area contributed by atoms with Gasteiger partial charge < -0.3 is 14.4 Å². The van der Waals surface area contributed by atoms with E-state index < -0.39 is 0 Å². The minimum Gasteiger partial charge on any atom is -0.377 e. The first-order valence-electron chi connectivity index (χ1n) is 8.22. The van der Waals surface area contributed by atoms with Crippen molar-refractivity contribution in [3.05, 3.63) is 48.0 Å². The number of methoxy groups -OCH3 is 1. The van der Waals surface area contributed by atoms with Gasteiger partial charge in [-0.1, -0.05) is 30.3 Å². The van der Waals surface area contributed by atoms with Gasteiger partial charge in [0, 0.05) is 19.2 Å². The van der Waals surface area contributed by atoms with Crippen LogP contribution in [0.5, 0.6) is 0 Å². The molecule has 1 saturated heterocycles. The summed E-state index contributed by atoms with van der Waals surface area (Å²) in [5, 5.41) is 2.25. The average Bonchev–Trinajstić information content (AvgIpc) is 2.89. The summed E-state index contributed by atoms with van der Waals surface area (Å²) in [4.78, 5) is 15.0. The van der Waals surface area contributed by atoms with E-state index in [0.717, 1.165) is 29.2 Å². The van der Waals surface area contributed by atoms with Gasteiger partial charge in [-0.3, -0.25) is 4.79 Å². The van der Waals surface area contributed by atoms with Gasteiger partial charge in [-0.25, -0.2) is 0 Å². The maximum atomic E-state index is 13.1. The van der Waals surface area contributed by atoms with E-state index in [1.807, 2.05) is 41.3 Å². The molecule has 1 aliphatic carbocycles. The molecule has 2 aromatic carbocycles. The van der Waals surface area contributed by atoms with Gasteiger partial charge in [-0.15, -0.1) is 0 Å². The number of carbonyl (C=O) groups excluding carboxylic acids is 1. The third-order valence-corrected chi connectivity index (χ3v) is 5.09. The summed E-state index contributed by atoms with van der Waals surface area (Å²) in [5.74, 6) is 0.0777. The summed E-state index contributed by atoms with van der Waals surface area (Å²) >= 11 is 0. The molecule has 1 amide bonds. The molecule has 0 radical (unpaired) electrons. The first kappa shape index (κ1) is 14.7. The van der Waals surface area contributed by atoms with Crippen molar-refractivity contribution in [2.75, 3.05) is 20.3 Å². The van der Waals surface area contributed by atoms with Crippen molar-refractivity contribution in [3.63, 3.8) is 0 Å². The van der Waals surface area contributed by atoms with Gasteiger partial charge in [-0.05, 0) is 35.7 Å². The number of nitrogens with zero attached hydrogens (tertiary/aromatic N) is 1. The number of benzene rings is 2. The van der Waals surface area contributed by atoms with Gasteiger partial charge in [0.1, 0.15) is 6.10 Å². The van der Waals surface area contributed by atoms with Crippen molar-refractivity contribution in [1.29, 1.82) is 0 Å². The normalized spacial score (nSPS) is 27.2. The minimum absolute atomic E-state index is 0.0121. The summed E-state index contributed by atoms with van der Waals surface area (Å²) in [6.07, 6.45) is 2.02. The Bertz CT molecular complexity index is 729. The molecule has 0 aromatic heterocycles. The van der Waals surface area contributed by atoms with Gasteiger partial charge in [-0.2, -0.15) is 0 Å². The predicted molar refractivity (Wildman–Crippen MR) is 88.5 cm³/mol. The Balaban J connectivity index is 1.66. The first-order valence-corrected chi connectivity index (χ1v) is 8.22. The summed E-state index contributed by atoms with van der Waals surface area (Å²) in [6.45, 7) is 1.22. The second-order valence-corrected chi connectivity index (χ2v) is 6.31. The Kier molecular flexibility index (Phi) is 3.79. The molecule has 4 rings (SSSR count). The van der Waals surface area contributed by atoms with E-state index in [-0.39, 0.29) is 24.2 Å². The molecule has 0 spiro atoms. The molecule has 1 saturated carbocycles. The maximum absolute atomic E-state index is 13.1. The second-order valence-electron chi connectivity index (χ2n) is 6.31. The Morgan fingerprint density at radius 3 is 2.83 bits per heavy atom. The van der Waals surface area contributed by atoms with Crippen molar-refractivity contribution < 1.29 is 14.3 Å². The summed E-state index contributed by atoms with van der Waals surface area (Å²) in [5.41, 5.74) is 0.740. The van der Waals surface area contributed by atoms with Crippen molar-refractivity contribution in [1.82, 2.24) is 4.90 Å². The van der Waals surface area contributed by atoms with Gasteiger partial charge in [0.2, 0.25) is 0 Å². The number of amides is 1. The smallest absolute Gasteiger partial charge is 0.254 e. The van der Waals surface area contributed by atoms with Crippen LogP contribution in [-0.4, -0.2) is 49.3 Å². The van der Waals surface area contributed by atoms with Crippen LogP contribution in [0, 0.1) is 0 Å². The van der Waals surface area contributed by atoms with Crippen molar-refractivity contribution >= 4 is 16.7 Å². The lowest BCUT2D eigenvalue weighted by molar-refractivity contribution is -0.0316. The molecule has 23 heavy (non-hydrogen) atoms. The molecule has 1 aliphatic heterocycles. The highest BCUT2D eigenvalue weighted by Crippen LogP contribution is 2.32. The Morgan fingerprint density at radius 1 is 1.17 bits per heavy atom. The topological polar surface area (TPSA) is 38.8 Å². The highest BCUT2D eigenvalue weighted by Gasteiger charge is 2.44. The number of fused-ring (bicyclic) bond motifs is 3. The van der Waals surface area contributed by atoms with E-state index >= 15 is 0 Å². The standard InChI is InChI=1S/C19H21NO3/c1-22-18-16-8-9-17(18)23-11-10-20(16)19(21)15-7-6-13-4-2-3-5-14(13)12-15/h2-7,12,16-18H,8-11H2,1H3/t16-,17-,18-/m1/s1. The zero-order valence-electron chi connectivity index (χ0n) is 13.3. The highest BCUT2D eigenvalue weighted by atomic mass is 16.5. The number of ether oxygens (including phenoxy) is 2. The fraction of sp³-hybridized carbons (Fsp3) is 0.421. The van der Waals surface area contributed by atoms with E-state index in [0.29, 0.717) is 13.2 Å². The van der Waals surface area contributed by atoms with Crippen LogP contribution in [0.15, 0.2) is 42.5 Å². The van der Waals surface area contributed by atoms with E-state index in [2.05, 4.69) is 6.07 Å². The molecule has 2 bridgehead atoms. The number of rotatable bonds is 2. The highest BCUT2D eigenvalue weighted by molar-refractivity contribution is 5.98. The third kappa shape index (κ3) is 2.52. The lowest BCUT2D eigenvalue weighted by Gasteiger charge is -2.30. The molecule has 2 fully saturated rings. The van der Waals surface area contributed by atoms with E-state index in [9.17, 15) is 4.79 Å². The fourth-order valence-electron chi connectivity index (χ4n) is 3.94. The average molecular weight is 311 g/mol. The Morgan fingerprint density at radius 2 is 2.00 bits per heavy atom. The molecule has 2 aromatic rings. The molecule has 3 atom stereocenters. The largest absolute Gasteiger partial charge is 0.377 e. The van der Waals surface area contributed by atoms with Crippen LogP contribution in [0.3, 0.4) is 0 Å². The lowest BCUT2D eigenvalue weighted by atomic mass is 10.0. The lowest BCUT2D eigenvalue weighted by Crippen LogP contribution is -2.46. The summed E-state index contributed by atoms with van der Waals surface area (Å²) in [7, 11) is 1.71. The Hall–Kier alpha value is -1.91. The zero-order valence-corrected chi connectivity index (χ0v) is 13.3. The van der Waals surface area contributed by atoms with Gasteiger partial charge in [0.25, 0.3) is 5.91 Å². The Labute approximate surface area is 136 Å². The van der Waals surface area contributed by atoms with Crippen LogP contribution >= 0.6 is 0 Å². The number of hydrogen-bond acceptors (Lipinski definition) is 3. The predicted octanol–water partition coefficient (Wildman–Crippen LogP) is 2.86. The van der Waals surface area contributed by atoms with Crippen LogP contribution in [0.25, 0.3) is 10.8 Å². The molecule has 0 unspecified atom stereocenters. The molecule has 120 valence electrons. The van der Waals surface area contributed by atoms with E-state index in [1.54, 1.807) is 7.11 Å². The van der Waals surface area contributed by atoms with E-state index in [1.165, 1.54) is 0 Å². The summed E-state index contributed by atoms with van der Waals surface area (Å²) < 4.78 is 11.5. The molecule has 4 nitrogen and oxygen atoms in total. The third-order valence-electron chi connectivity index (χ3n) is 5.09. The van der Waals surface area contributed by atoms with Crippen molar-refractivity contribution in [2.24, 2.45) is 0 Å². The van der Waals surface area contributed by atoms with Crippen molar-refractivity contribution in [3.8, 4) is 0 Å². The van der Waals surface area contributed by atoms with Gasteiger partial charge in [0.15, 0.2) is 0 Å². The molecular formula is C19H21NO3. The van der Waals surface area contributed by atoms with Crippen LogP contribution < -0.4 is 0 Å². The second kappa shape index (κ2) is 5.95. The van der Waals surface area contributed by atoms with Crippen LogP contribution in [-0.2, 0) is 9.47 Å². The van der Waals surface area contributed by atoms with Gasteiger partial charge in [0.05, 0.1) is 18.8 Å². The molecule has 4 heteroatoms. The molecule has 1 heterocycles. The van der Waals surface area contributed by atoms with Crippen molar-refractivity contribution in [2.45, 2.75) is 31.1 Å². The van der Waals surface area contributed by atoms with Crippen LogP contribution in [0.1, 0.15) is 23.2 Å². The minimum atomic E-state index is -0.0121.